The van der Waals surface area contributed by atoms with E-state index in [0.717, 1.165) is 31.2 Å². The Morgan fingerprint density at radius 3 is 2.74 bits per heavy atom. The average Bonchev–Trinajstić information content (AvgIpc) is 3.29. The van der Waals surface area contributed by atoms with Gasteiger partial charge in [0.25, 0.3) is 0 Å². The van der Waals surface area contributed by atoms with Crippen LogP contribution in [0.25, 0.3) is 10.2 Å². The van der Waals surface area contributed by atoms with Crippen molar-refractivity contribution in [3.05, 3.63) is 29.3 Å². The molecule has 1 aromatic carbocycles. The van der Waals surface area contributed by atoms with Crippen LogP contribution in [0.5, 0.6) is 0 Å². The number of carbonyl (C=O) groups excluding carboxylic acids is 1. The molecule has 0 fully saturated rings. The molecule has 0 aliphatic heterocycles. The molecule has 1 N–H and O–H groups in total. The number of benzene rings is 1. The first-order valence-electron chi connectivity index (χ1n) is 8.75. The molecule has 2 heterocycles. The number of nitrogens with zero attached hydrogens (tertiary/aromatic N) is 4. The highest BCUT2D eigenvalue weighted by Crippen LogP contribution is 2.30. The number of hydrogen-bond donors (Lipinski definition) is 1. The molecule has 3 aromatic rings. The first-order valence-corrected chi connectivity index (χ1v) is 11.4. The van der Waals surface area contributed by atoms with Gasteiger partial charge in [-0.25, -0.2) is 4.98 Å². The van der Waals surface area contributed by atoms with Gasteiger partial charge < -0.3 is 10.2 Å². The van der Waals surface area contributed by atoms with Gasteiger partial charge in [-0.1, -0.05) is 49.1 Å². The molecular weight excluding hydrogens is 398 g/mol. The van der Waals surface area contributed by atoms with Gasteiger partial charge in [0, 0.05) is 13.6 Å². The van der Waals surface area contributed by atoms with Gasteiger partial charge in [0.15, 0.2) is 4.34 Å². The first-order chi connectivity index (χ1) is 12.9. The number of para-hydroxylation sites is 1. The van der Waals surface area contributed by atoms with E-state index in [1.165, 1.54) is 23.1 Å². The second-order valence-corrected chi connectivity index (χ2v) is 9.90. The zero-order chi connectivity index (χ0) is 19.4. The summed E-state index contributed by atoms with van der Waals surface area (Å²) in [7, 11) is 1.83. The van der Waals surface area contributed by atoms with Crippen molar-refractivity contribution in [2.45, 2.75) is 31.2 Å². The minimum atomic E-state index is -0.0619. The van der Waals surface area contributed by atoms with Crippen LogP contribution in [-0.2, 0) is 4.79 Å². The van der Waals surface area contributed by atoms with Crippen molar-refractivity contribution in [2.75, 3.05) is 24.7 Å². The second kappa shape index (κ2) is 8.99. The first kappa shape index (κ1) is 20.0. The Bertz CT molecular complexity index is 874. The third kappa shape index (κ3) is 5.18. The van der Waals surface area contributed by atoms with E-state index in [1.54, 1.807) is 16.2 Å². The van der Waals surface area contributed by atoms with Crippen LogP contribution in [-0.4, -0.2) is 45.3 Å². The molecule has 27 heavy (non-hydrogen) atoms. The Balaban J connectivity index is 1.55. The lowest BCUT2D eigenvalue weighted by Gasteiger charge is -2.22. The summed E-state index contributed by atoms with van der Waals surface area (Å²) in [6.45, 7) is 7.16. The molecule has 9 heteroatoms. The van der Waals surface area contributed by atoms with Crippen LogP contribution in [0.1, 0.15) is 31.8 Å². The molecule has 0 spiro atoms. The third-order valence-corrected chi connectivity index (χ3v) is 7.23. The highest BCUT2D eigenvalue weighted by atomic mass is 32.2. The molecule has 1 atom stereocenters. The number of thiazole rings is 1. The van der Waals surface area contributed by atoms with Crippen LogP contribution in [0, 0.1) is 5.92 Å². The van der Waals surface area contributed by atoms with E-state index in [-0.39, 0.29) is 11.9 Å². The van der Waals surface area contributed by atoms with E-state index in [4.69, 9.17) is 0 Å². The molecule has 144 valence electrons. The maximum Gasteiger partial charge on any atom is 0.233 e. The number of nitrogens with one attached hydrogen (secondary N) is 1. The fraction of sp³-hybridized carbons (Fsp3) is 0.444. The monoisotopic (exact) mass is 421 g/mol. The summed E-state index contributed by atoms with van der Waals surface area (Å²) in [5.74, 6) is 0.938. The lowest BCUT2D eigenvalue weighted by Crippen LogP contribution is -2.31. The lowest BCUT2D eigenvalue weighted by molar-refractivity contribution is -0.128. The van der Waals surface area contributed by atoms with Crippen molar-refractivity contribution < 1.29 is 4.79 Å². The van der Waals surface area contributed by atoms with Crippen molar-refractivity contribution in [2.24, 2.45) is 5.92 Å². The number of fused-ring (bicyclic) bond motifs is 1. The Labute approximate surface area is 171 Å². The Hall–Kier alpha value is -1.71. The standard InChI is InChI=1S/C18H23N5OS3/c1-11(2)9-19-17-21-22-18(27-17)25-10-15(24)23(4)12(3)16-20-13-7-5-6-8-14(13)26-16/h5-8,11-12H,9-10H2,1-4H3,(H,19,21)/t12-/m0/s1. The van der Waals surface area contributed by atoms with Crippen LogP contribution in [0.2, 0.25) is 0 Å². The molecule has 3 rings (SSSR count). The van der Waals surface area contributed by atoms with E-state index in [1.807, 2.05) is 32.2 Å². The molecule has 0 unspecified atom stereocenters. The van der Waals surface area contributed by atoms with E-state index in [0.29, 0.717) is 11.7 Å². The van der Waals surface area contributed by atoms with Crippen molar-refractivity contribution in [3.63, 3.8) is 0 Å². The Morgan fingerprint density at radius 2 is 2.00 bits per heavy atom. The summed E-state index contributed by atoms with van der Waals surface area (Å²) in [6, 6.07) is 7.98. The summed E-state index contributed by atoms with van der Waals surface area (Å²) >= 11 is 4.55. The van der Waals surface area contributed by atoms with E-state index in [2.05, 4.69) is 40.4 Å². The molecule has 0 saturated heterocycles. The number of anilines is 1. The van der Waals surface area contributed by atoms with Crippen molar-refractivity contribution in [3.8, 4) is 0 Å². The van der Waals surface area contributed by atoms with Crippen LogP contribution in [0.3, 0.4) is 0 Å². The number of thioether (sulfide) groups is 1. The van der Waals surface area contributed by atoms with Gasteiger partial charge in [0.1, 0.15) is 5.01 Å². The second-order valence-electron chi connectivity index (χ2n) is 6.64. The fourth-order valence-corrected chi connectivity index (χ4v) is 5.05. The summed E-state index contributed by atoms with van der Waals surface area (Å²) in [6.07, 6.45) is 0. The molecule has 6 nitrogen and oxygen atoms in total. The molecule has 2 aromatic heterocycles. The summed E-state index contributed by atoms with van der Waals surface area (Å²) in [5, 5.41) is 13.3. The summed E-state index contributed by atoms with van der Waals surface area (Å²) < 4.78 is 1.94. The van der Waals surface area contributed by atoms with Gasteiger partial charge in [-0.15, -0.1) is 21.5 Å². The third-order valence-electron chi connectivity index (χ3n) is 4.03. The van der Waals surface area contributed by atoms with Gasteiger partial charge in [-0.2, -0.15) is 0 Å². The predicted molar refractivity (Wildman–Crippen MR) is 115 cm³/mol. The fourth-order valence-electron chi connectivity index (χ4n) is 2.31. The molecule has 0 radical (unpaired) electrons. The van der Waals surface area contributed by atoms with Crippen LogP contribution in [0.15, 0.2) is 28.6 Å². The molecule has 1 amide bonds. The number of rotatable bonds is 8. The lowest BCUT2D eigenvalue weighted by atomic mass is 10.2. The zero-order valence-corrected chi connectivity index (χ0v) is 18.2. The SMILES string of the molecule is CC(C)CNc1nnc(SCC(=O)N(C)[C@@H](C)c2nc3ccccc3s2)s1. The number of amides is 1. The van der Waals surface area contributed by atoms with Gasteiger partial charge >= 0.3 is 0 Å². The average molecular weight is 422 g/mol. The van der Waals surface area contributed by atoms with E-state index in [9.17, 15) is 4.79 Å². The molecule has 0 aliphatic carbocycles. The number of hydrogen-bond acceptors (Lipinski definition) is 8. The van der Waals surface area contributed by atoms with Gasteiger partial charge in [0.2, 0.25) is 11.0 Å². The Kier molecular flexibility index (Phi) is 6.67. The summed E-state index contributed by atoms with van der Waals surface area (Å²) in [4.78, 5) is 19.0. The predicted octanol–water partition coefficient (Wildman–Crippen LogP) is 4.53. The normalized spacial score (nSPS) is 12.5. The molecular formula is C18H23N5OS3. The zero-order valence-electron chi connectivity index (χ0n) is 15.8. The maximum absolute atomic E-state index is 12.6. The summed E-state index contributed by atoms with van der Waals surface area (Å²) in [5.41, 5.74) is 0.981. The van der Waals surface area contributed by atoms with Crippen molar-refractivity contribution in [1.29, 1.82) is 0 Å². The van der Waals surface area contributed by atoms with Crippen molar-refractivity contribution in [1.82, 2.24) is 20.1 Å². The highest BCUT2D eigenvalue weighted by molar-refractivity contribution is 8.01. The van der Waals surface area contributed by atoms with Crippen LogP contribution < -0.4 is 5.32 Å². The largest absolute Gasteiger partial charge is 0.360 e. The van der Waals surface area contributed by atoms with Gasteiger partial charge in [0.05, 0.1) is 22.0 Å². The maximum atomic E-state index is 12.6. The minimum Gasteiger partial charge on any atom is -0.360 e. The van der Waals surface area contributed by atoms with E-state index < -0.39 is 0 Å². The van der Waals surface area contributed by atoms with E-state index >= 15 is 0 Å². The van der Waals surface area contributed by atoms with Crippen molar-refractivity contribution >= 4 is 55.7 Å². The highest BCUT2D eigenvalue weighted by Gasteiger charge is 2.21. The van der Waals surface area contributed by atoms with Crippen LogP contribution >= 0.6 is 34.4 Å². The van der Waals surface area contributed by atoms with Crippen LogP contribution in [0.4, 0.5) is 5.13 Å². The smallest absolute Gasteiger partial charge is 0.233 e. The molecule has 0 aliphatic rings. The molecule has 0 bridgehead atoms. The van der Waals surface area contributed by atoms with Gasteiger partial charge in [-0.3, -0.25) is 4.79 Å². The molecule has 0 saturated carbocycles. The van der Waals surface area contributed by atoms with Gasteiger partial charge in [-0.05, 0) is 25.0 Å². The Morgan fingerprint density at radius 1 is 1.22 bits per heavy atom. The topological polar surface area (TPSA) is 71.0 Å². The number of aromatic nitrogens is 3. The minimum absolute atomic E-state index is 0.0543. The number of carbonyl (C=O) groups is 1. The quantitative estimate of drug-likeness (QED) is 0.539.